The second kappa shape index (κ2) is 9.32. The Kier molecular flexibility index (Phi) is 6.04. The number of nitrogens with zero attached hydrogens (tertiary/aromatic N) is 4. The highest BCUT2D eigenvalue weighted by molar-refractivity contribution is 5.93. The third-order valence-electron chi connectivity index (χ3n) is 8.04. The monoisotopic (exact) mass is 539 g/mol. The van der Waals surface area contributed by atoms with Gasteiger partial charge in [-0.05, 0) is 45.1 Å². The van der Waals surface area contributed by atoms with E-state index in [4.69, 9.17) is 4.74 Å². The van der Waals surface area contributed by atoms with Crippen molar-refractivity contribution in [1.29, 1.82) is 0 Å². The van der Waals surface area contributed by atoms with Crippen LogP contribution in [0.2, 0.25) is 0 Å². The molecule has 1 saturated carbocycles. The lowest BCUT2D eigenvalue weighted by Crippen LogP contribution is -2.49. The Hall–Kier alpha value is -4.02. The number of aromatic nitrogens is 2. The zero-order valence-electron chi connectivity index (χ0n) is 21.5. The maximum absolute atomic E-state index is 13.8. The summed E-state index contributed by atoms with van der Waals surface area (Å²) < 4.78 is 48.7. The molecule has 204 valence electrons. The van der Waals surface area contributed by atoms with E-state index < -0.39 is 35.2 Å². The van der Waals surface area contributed by atoms with Crippen molar-refractivity contribution >= 4 is 23.5 Å². The first-order valence-corrected chi connectivity index (χ1v) is 13.0. The average Bonchev–Trinajstić information content (AvgIpc) is 3.58. The first-order chi connectivity index (χ1) is 18.6. The number of fused-ring (bicyclic) bond motifs is 3. The number of amides is 3. The number of carbonyl (C=O) groups excluding carboxylic acids is 2. The summed E-state index contributed by atoms with van der Waals surface area (Å²) >= 11 is 0. The number of halogens is 3. The van der Waals surface area contributed by atoms with Crippen molar-refractivity contribution in [2.75, 3.05) is 10.2 Å². The van der Waals surface area contributed by atoms with Gasteiger partial charge in [-0.2, -0.15) is 5.10 Å². The molecule has 39 heavy (non-hydrogen) atoms. The van der Waals surface area contributed by atoms with Crippen LogP contribution in [0, 0.1) is 17.5 Å². The van der Waals surface area contributed by atoms with Crippen LogP contribution in [0.5, 0.6) is 0 Å². The van der Waals surface area contributed by atoms with Gasteiger partial charge in [-0.3, -0.25) is 9.58 Å². The minimum absolute atomic E-state index is 0.117. The van der Waals surface area contributed by atoms with Crippen LogP contribution in [0.3, 0.4) is 0 Å². The number of hydrogen-bond donors (Lipinski definition) is 1. The molecule has 11 heteroatoms. The number of rotatable bonds is 4. The van der Waals surface area contributed by atoms with E-state index in [2.05, 4.69) is 10.4 Å². The summed E-state index contributed by atoms with van der Waals surface area (Å²) in [6, 6.07) is 10.1. The van der Waals surface area contributed by atoms with Crippen LogP contribution >= 0.6 is 0 Å². The Labute approximate surface area is 223 Å². The first-order valence-electron chi connectivity index (χ1n) is 13.0. The molecule has 1 N–H and O–H groups in total. The molecule has 3 aromatic rings. The molecule has 1 aromatic heterocycles. The normalized spacial score (nSPS) is 23.4. The Morgan fingerprint density at radius 2 is 1.79 bits per heavy atom. The predicted octanol–water partition coefficient (Wildman–Crippen LogP) is 5.79. The molecule has 8 nitrogen and oxygen atoms in total. The van der Waals surface area contributed by atoms with Gasteiger partial charge in [0.1, 0.15) is 5.60 Å². The van der Waals surface area contributed by atoms with Gasteiger partial charge < -0.3 is 15.0 Å². The number of urea groups is 1. The Balaban J connectivity index is 1.33. The molecule has 0 unspecified atom stereocenters. The van der Waals surface area contributed by atoms with Crippen LogP contribution in [-0.4, -0.2) is 44.5 Å². The molecule has 2 aliphatic heterocycles. The number of ether oxygens (including phenoxy) is 1. The quantitative estimate of drug-likeness (QED) is 0.426. The molecule has 2 fully saturated rings. The third kappa shape index (κ3) is 4.29. The van der Waals surface area contributed by atoms with Crippen molar-refractivity contribution in [2.45, 2.75) is 69.8 Å². The molecule has 6 rings (SSSR count). The smallest absolute Gasteiger partial charge is 0.415 e. The van der Waals surface area contributed by atoms with Gasteiger partial charge in [0, 0.05) is 17.8 Å². The van der Waals surface area contributed by atoms with E-state index in [0.717, 1.165) is 37.0 Å². The lowest BCUT2D eigenvalue weighted by Gasteiger charge is -2.39. The molecule has 3 atom stereocenters. The van der Waals surface area contributed by atoms with Crippen molar-refractivity contribution < 1.29 is 27.5 Å². The molecule has 3 heterocycles. The molecule has 0 spiro atoms. The second-order valence-electron chi connectivity index (χ2n) is 10.8. The largest absolute Gasteiger partial charge is 0.441 e. The summed E-state index contributed by atoms with van der Waals surface area (Å²) in [5.41, 5.74) is 1.33. The molecule has 1 aliphatic carbocycles. The standard InChI is InChI=1S/C28H28F3N5O3/c1-28(2)24(11-16-7-4-3-5-8-16)35(27(38)39-28)22-14-32-36-21-10-6-9-20(21)34(15-23(22)36)26(37)33-17-12-18(29)25(31)19(30)13-17/h3-5,7-8,12-14,20-21,24H,6,9-11,15H2,1-2H3,(H,33,37)/t20-,21+,24-/m0/s1. The first kappa shape index (κ1) is 25.3. The molecular formula is C28H28F3N5O3. The van der Waals surface area contributed by atoms with Gasteiger partial charge in [0.2, 0.25) is 0 Å². The van der Waals surface area contributed by atoms with E-state index in [-0.39, 0.29) is 30.4 Å². The zero-order valence-corrected chi connectivity index (χ0v) is 21.5. The van der Waals surface area contributed by atoms with E-state index in [9.17, 15) is 22.8 Å². The van der Waals surface area contributed by atoms with Crippen LogP contribution in [-0.2, 0) is 17.7 Å². The predicted molar refractivity (Wildman–Crippen MR) is 137 cm³/mol. The van der Waals surface area contributed by atoms with Crippen molar-refractivity contribution in [3.8, 4) is 0 Å². The Morgan fingerprint density at radius 3 is 2.51 bits per heavy atom. The summed E-state index contributed by atoms with van der Waals surface area (Å²) in [5.74, 6) is -4.37. The van der Waals surface area contributed by atoms with Crippen molar-refractivity contribution in [1.82, 2.24) is 14.7 Å². The molecular weight excluding hydrogens is 511 g/mol. The number of hydrogen-bond acceptors (Lipinski definition) is 4. The lowest BCUT2D eigenvalue weighted by molar-refractivity contribution is 0.0686. The highest BCUT2D eigenvalue weighted by Crippen LogP contribution is 2.44. The topological polar surface area (TPSA) is 79.7 Å². The Bertz CT molecular complexity index is 1420. The van der Waals surface area contributed by atoms with Crippen LogP contribution in [0.1, 0.15) is 50.4 Å². The summed E-state index contributed by atoms with van der Waals surface area (Å²) in [4.78, 5) is 29.9. The molecule has 2 aromatic carbocycles. The maximum Gasteiger partial charge on any atom is 0.415 e. The lowest BCUT2D eigenvalue weighted by atomic mass is 9.91. The van der Waals surface area contributed by atoms with Gasteiger partial charge in [-0.25, -0.2) is 22.8 Å². The van der Waals surface area contributed by atoms with Crippen LogP contribution in [0.25, 0.3) is 0 Å². The third-order valence-corrected chi connectivity index (χ3v) is 8.04. The molecule has 3 amide bonds. The fourth-order valence-electron chi connectivity index (χ4n) is 6.13. The fourth-order valence-corrected chi connectivity index (χ4v) is 6.13. The molecule has 0 bridgehead atoms. The average molecular weight is 540 g/mol. The van der Waals surface area contributed by atoms with E-state index in [0.29, 0.717) is 17.8 Å². The van der Waals surface area contributed by atoms with E-state index in [1.165, 1.54) is 0 Å². The zero-order chi connectivity index (χ0) is 27.5. The minimum atomic E-state index is -1.60. The maximum atomic E-state index is 13.8. The SMILES string of the molecule is CC1(C)OC(=O)N(c2cnn3c2CN(C(=O)Nc2cc(F)c(F)c(F)c2)[C@H]2CCC[C@H]23)[C@H]1Cc1ccccc1. The van der Waals surface area contributed by atoms with Gasteiger partial charge in [0.25, 0.3) is 0 Å². The number of benzene rings is 2. The van der Waals surface area contributed by atoms with Crippen LogP contribution < -0.4 is 10.2 Å². The van der Waals surface area contributed by atoms with Crippen molar-refractivity contribution in [3.05, 3.63) is 77.4 Å². The summed E-state index contributed by atoms with van der Waals surface area (Å²) in [5, 5.41) is 7.16. The number of anilines is 2. The van der Waals surface area contributed by atoms with Crippen molar-refractivity contribution in [3.63, 3.8) is 0 Å². The number of carbonyl (C=O) groups is 2. The Morgan fingerprint density at radius 1 is 1.10 bits per heavy atom. The summed E-state index contributed by atoms with van der Waals surface area (Å²) in [6.07, 6.45) is 4.10. The molecule has 1 saturated heterocycles. The minimum Gasteiger partial charge on any atom is -0.441 e. The molecule has 3 aliphatic rings. The number of cyclic esters (lactones) is 1. The van der Waals surface area contributed by atoms with Gasteiger partial charge >= 0.3 is 12.1 Å². The van der Waals surface area contributed by atoms with Gasteiger partial charge in [-0.1, -0.05) is 30.3 Å². The second-order valence-corrected chi connectivity index (χ2v) is 10.8. The highest BCUT2D eigenvalue weighted by Gasteiger charge is 2.51. The van der Waals surface area contributed by atoms with Crippen LogP contribution in [0.4, 0.5) is 34.1 Å². The van der Waals surface area contributed by atoms with E-state index >= 15 is 0 Å². The van der Waals surface area contributed by atoms with Gasteiger partial charge in [-0.15, -0.1) is 0 Å². The van der Waals surface area contributed by atoms with Gasteiger partial charge in [0.15, 0.2) is 17.5 Å². The highest BCUT2D eigenvalue weighted by atomic mass is 19.2. The van der Waals surface area contributed by atoms with E-state index in [1.54, 1.807) is 16.0 Å². The van der Waals surface area contributed by atoms with Crippen molar-refractivity contribution in [2.24, 2.45) is 0 Å². The van der Waals surface area contributed by atoms with E-state index in [1.807, 2.05) is 48.9 Å². The summed E-state index contributed by atoms with van der Waals surface area (Å²) in [7, 11) is 0. The number of nitrogens with one attached hydrogen (secondary N) is 1. The van der Waals surface area contributed by atoms with Gasteiger partial charge in [0.05, 0.1) is 42.2 Å². The fraction of sp³-hybridized carbons (Fsp3) is 0.393. The summed E-state index contributed by atoms with van der Waals surface area (Å²) in [6.45, 7) is 3.88. The van der Waals surface area contributed by atoms with Crippen LogP contribution in [0.15, 0.2) is 48.7 Å². The molecule has 0 radical (unpaired) electrons.